The maximum absolute atomic E-state index is 12.8. The second-order valence-corrected chi connectivity index (χ2v) is 8.74. The molecule has 0 saturated carbocycles. The number of carbonyl (C=O) groups excluding carboxylic acids is 1. The highest BCUT2D eigenvalue weighted by Gasteiger charge is 2.36. The number of anilines is 1. The average molecular weight is 428 g/mol. The summed E-state index contributed by atoms with van der Waals surface area (Å²) in [7, 11) is 3.32. The van der Waals surface area contributed by atoms with Crippen LogP contribution in [0.5, 0.6) is 5.75 Å². The summed E-state index contributed by atoms with van der Waals surface area (Å²) in [5, 5.41) is 0.699. The van der Waals surface area contributed by atoms with Crippen LogP contribution in [0, 0.1) is 5.92 Å². The lowest BCUT2D eigenvalue weighted by atomic mass is 9.96. The summed E-state index contributed by atoms with van der Waals surface area (Å²) in [6.45, 7) is 3.82. The van der Waals surface area contributed by atoms with Crippen molar-refractivity contribution in [1.29, 1.82) is 0 Å². The number of carbonyl (C=O) groups is 1. The average Bonchev–Trinajstić information content (AvgIpc) is 3.16. The number of amides is 1. The topological polar surface area (TPSA) is 107 Å². The third-order valence-corrected chi connectivity index (χ3v) is 5.95. The number of nitrogens with one attached hydrogen (secondary N) is 1. The molecular formula is C21H22N3O5S-. The fourth-order valence-electron chi connectivity index (χ4n) is 3.86. The van der Waals surface area contributed by atoms with Gasteiger partial charge in [-0.15, -0.1) is 0 Å². The first-order chi connectivity index (χ1) is 14.2. The van der Waals surface area contributed by atoms with E-state index in [1.165, 1.54) is 9.47 Å². The quantitative estimate of drug-likeness (QED) is 0.642. The van der Waals surface area contributed by atoms with Crippen molar-refractivity contribution in [3.8, 4) is 16.9 Å². The van der Waals surface area contributed by atoms with E-state index in [-0.39, 0.29) is 23.1 Å². The van der Waals surface area contributed by atoms with Crippen LogP contribution < -0.4 is 15.2 Å². The second-order valence-electron chi connectivity index (χ2n) is 7.84. The SMILES string of the molecule is CC(C)C1Oc2c(-c3cn(C)c(=O)c4[nH]ccc34)cc(CS(=O)[O-])cc2N(C)C1=O. The van der Waals surface area contributed by atoms with Crippen molar-refractivity contribution in [3.05, 3.63) is 46.5 Å². The van der Waals surface area contributed by atoms with E-state index < -0.39 is 17.2 Å². The fraction of sp³-hybridized carbons (Fsp3) is 0.333. The number of nitrogens with zero attached hydrogens (tertiary/aromatic N) is 2. The summed E-state index contributed by atoms with van der Waals surface area (Å²) in [6.07, 6.45) is 2.73. The van der Waals surface area contributed by atoms with Gasteiger partial charge in [-0.1, -0.05) is 24.9 Å². The number of rotatable bonds is 4. The molecule has 0 aliphatic carbocycles. The third kappa shape index (κ3) is 3.23. The van der Waals surface area contributed by atoms with Crippen LogP contribution in [-0.2, 0) is 28.7 Å². The molecule has 1 aliphatic heterocycles. The molecule has 0 spiro atoms. The lowest BCUT2D eigenvalue weighted by molar-refractivity contribution is -0.127. The molecule has 1 aromatic carbocycles. The Morgan fingerprint density at radius 3 is 2.63 bits per heavy atom. The Labute approximate surface area is 175 Å². The Kier molecular flexibility index (Phi) is 5.03. The Morgan fingerprint density at radius 2 is 1.97 bits per heavy atom. The highest BCUT2D eigenvalue weighted by molar-refractivity contribution is 7.78. The van der Waals surface area contributed by atoms with Crippen molar-refractivity contribution in [2.75, 3.05) is 11.9 Å². The largest absolute Gasteiger partial charge is 0.772 e. The third-order valence-electron chi connectivity index (χ3n) is 5.38. The molecular weight excluding hydrogens is 406 g/mol. The summed E-state index contributed by atoms with van der Waals surface area (Å²) in [5.41, 5.74) is 2.67. The first kappa shape index (κ1) is 20.4. The summed E-state index contributed by atoms with van der Waals surface area (Å²) >= 11 is -2.30. The molecule has 0 radical (unpaired) electrons. The van der Waals surface area contributed by atoms with Crippen LogP contribution in [0.25, 0.3) is 22.0 Å². The number of hydrogen-bond acceptors (Lipinski definition) is 5. The number of pyridine rings is 1. The summed E-state index contributed by atoms with van der Waals surface area (Å²) in [4.78, 5) is 29.8. The van der Waals surface area contributed by atoms with Crippen LogP contribution in [0.15, 0.2) is 35.4 Å². The Hall–Kier alpha value is -2.91. The number of aryl methyl sites for hydroxylation is 1. The van der Waals surface area contributed by atoms with Crippen LogP contribution in [0.3, 0.4) is 0 Å². The molecule has 8 nitrogen and oxygen atoms in total. The highest BCUT2D eigenvalue weighted by Crippen LogP contribution is 2.45. The molecule has 2 atom stereocenters. The van der Waals surface area contributed by atoms with Crippen molar-refractivity contribution in [1.82, 2.24) is 9.55 Å². The molecule has 1 N–H and O–H groups in total. The van der Waals surface area contributed by atoms with Gasteiger partial charge in [0.1, 0.15) is 5.52 Å². The number of aromatic nitrogens is 2. The summed E-state index contributed by atoms with van der Waals surface area (Å²) in [5.74, 6) is 0.0634. The predicted octanol–water partition coefficient (Wildman–Crippen LogP) is 2.29. The molecule has 2 aromatic heterocycles. The van der Waals surface area contributed by atoms with E-state index >= 15 is 0 Å². The van der Waals surface area contributed by atoms with Crippen molar-refractivity contribution < 1.29 is 18.3 Å². The number of benzene rings is 1. The molecule has 9 heteroatoms. The minimum Gasteiger partial charge on any atom is -0.772 e. The van der Waals surface area contributed by atoms with Gasteiger partial charge >= 0.3 is 0 Å². The van der Waals surface area contributed by atoms with Gasteiger partial charge in [0.15, 0.2) is 11.9 Å². The molecule has 4 rings (SSSR count). The zero-order valence-electron chi connectivity index (χ0n) is 17.1. The normalized spacial score (nSPS) is 17.3. The van der Waals surface area contributed by atoms with E-state index in [4.69, 9.17) is 4.74 Å². The fourth-order valence-corrected chi connectivity index (χ4v) is 4.29. The minimum absolute atomic E-state index is 0.0535. The number of hydrogen-bond donors (Lipinski definition) is 1. The zero-order chi connectivity index (χ0) is 21.7. The number of fused-ring (bicyclic) bond motifs is 2. The summed E-state index contributed by atoms with van der Waals surface area (Å²) < 4.78 is 30.4. The van der Waals surface area contributed by atoms with Crippen LogP contribution in [0.1, 0.15) is 19.4 Å². The highest BCUT2D eigenvalue weighted by atomic mass is 32.2. The van der Waals surface area contributed by atoms with Crippen molar-refractivity contribution in [3.63, 3.8) is 0 Å². The maximum atomic E-state index is 12.8. The van der Waals surface area contributed by atoms with Gasteiger partial charge in [-0.25, -0.2) is 0 Å². The molecule has 2 unspecified atom stereocenters. The minimum atomic E-state index is -2.30. The first-order valence-corrected chi connectivity index (χ1v) is 10.8. The molecule has 1 amide bonds. The van der Waals surface area contributed by atoms with E-state index in [1.54, 1.807) is 44.7 Å². The van der Waals surface area contributed by atoms with Gasteiger partial charge in [-0.05, 0) is 29.7 Å². The molecule has 0 fully saturated rings. The van der Waals surface area contributed by atoms with Crippen molar-refractivity contribution in [2.24, 2.45) is 13.0 Å². The molecule has 3 heterocycles. The van der Waals surface area contributed by atoms with E-state index in [1.807, 2.05) is 13.8 Å². The molecule has 30 heavy (non-hydrogen) atoms. The Bertz CT molecular complexity index is 1240. The monoisotopic (exact) mass is 428 g/mol. The van der Waals surface area contributed by atoms with Crippen LogP contribution >= 0.6 is 0 Å². The molecule has 1 aliphatic rings. The lowest BCUT2D eigenvalue weighted by Gasteiger charge is -2.35. The van der Waals surface area contributed by atoms with Gasteiger partial charge < -0.3 is 23.7 Å². The maximum Gasteiger partial charge on any atom is 0.274 e. The molecule has 0 bridgehead atoms. The number of likely N-dealkylation sites (N-methyl/N-ethyl adjacent to an activating group) is 1. The van der Waals surface area contributed by atoms with Crippen LogP contribution in [0.2, 0.25) is 0 Å². The number of ether oxygens (including phenoxy) is 1. The van der Waals surface area contributed by atoms with Crippen molar-refractivity contribution in [2.45, 2.75) is 25.7 Å². The van der Waals surface area contributed by atoms with E-state index in [2.05, 4.69) is 4.98 Å². The standard InChI is InChI=1S/C21H23N3O5S/c1-11(2)18-21(26)24(4)16-8-12(10-30(27)28)7-14(19(16)29-18)15-9-23(3)20(25)17-13(15)5-6-22-17/h5-9,11,18,22H,10H2,1-4H3,(H,27,28)/p-1. The van der Waals surface area contributed by atoms with Gasteiger partial charge in [-0.3, -0.25) is 13.8 Å². The van der Waals surface area contributed by atoms with Gasteiger partial charge in [0.2, 0.25) is 0 Å². The lowest BCUT2D eigenvalue weighted by Crippen LogP contribution is -2.46. The first-order valence-electron chi connectivity index (χ1n) is 9.53. The smallest absolute Gasteiger partial charge is 0.274 e. The number of H-pyrrole nitrogens is 1. The number of aromatic amines is 1. The Balaban J connectivity index is 2.04. The predicted molar refractivity (Wildman–Crippen MR) is 114 cm³/mol. The van der Waals surface area contributed by atoms with E-state index in [0.29, 0.717) is 39.0 Å². The van der Waals surface area contributed by atoms with Gasteiger partial charge in [0.25, 0.3) is 11.5 Å². The van der Waals surface area contributed by atoms with Crippen LogP contribution in [-0.4, -0.2) is 37.4 Å². The zero-order valence-corrected chi connectivity index (χ0v) is 17.9. The molecule has 0 saturated heterocycles. The molecule has 3 aromatic rings. The van der Waals surface area contributed by atoms with Gasteiger partial charge in [-0.2, -0.15) is 0 Å². The second kappa shape index (κ2) is 7.41. The molecule has 158 valence electrons. The van der Waals surface area contributed by atoms with Crippen molar-refractivity contribution >= 4 is 33.6 Å². The van der Waals surface area contributed by atoms with Gasteiger partial charge in [0.05, 0.1) is 5.69 Å². The van der Waals surface area contributed by atoms with E-state index in [9.17, 15) is 18.4 Å². The Morgan fingerprint density at radius 1 is 1.23 bits per heavy atom. The van der Waals surface area contributed by atoms with Crippen LogP contribution in [0.4, 0.5) is 5.69 Å². The van der Waals surface area contributed by atoms with Gasteiger partial charge in [0, 0.05) is 48.8 Å². The van der Waals surface area contributed by atoms with E-state index in [0.717, 1.165) is 0 Å². The summed E-state index contributed by atoms with van der Waals surface area (Å²) in [6, 6.07) is 5.22.